The summed E-state index contributed by atoms with van der Waals surface area (Å²) in [4.78, 5) is 43.1. The van der Waals surface area contributed by atoms with E-state index in [9.17, 15) is 14.4 Å². The minimum Gasteiger partial charge on any atom is -0.295 e. The van der Waals surface area contributed by atoms with Crippen molar-refractivity contribution < 1.29 is 14.4 Å². The van der Waals surface area contributed by atoms with Crippen LogP contribution in [-0.2, 0) is 14.4 Å². The zero-order valence-corrected chi connectivity index (χ0v) is 15.5. The van der Waals surface area contributed by atoms with Crippen LogP contribution < -0.4 is 10.2 Å². The van der Waals surface area contributed by atoms with Gasteiger partial charge in [0.1, 0.15) is 0 Å². The summed E-state index contributed by atoms with van der Waals surface area (Å²) in [5.74, 6) is -1.25. The molecule has 5 rings (SSSR count). The Morgan fingerprint density at radius 2 is 1.64 bits per heavy atom. The average molecular weight is 398 g/mol. The minimum absolute atomic E-state index is 0.0144. The number of fused-ring (bicyclic) bond motifs is 2. The second-order valence-electron chi connectivity index (χ2n) is 7.17. The van der Waals surface area contributed by atoms with E-state index in [0.717, 1.165) is 10.5 Å². The quantitative estimate of drug-likeness (QED) is 0.619. The van der Waals surface area contributed by atoms with Gasteiger partial charge in [0.05, 0.1) is 24.3 Å². The van der Waals surface area contributed by atoms with E-state index in [2.05, 4.69) is 15.4 Å². The number of hydrogen-bond donors (Lipinski definition) is 1. The summed E-state index contributed by atoms with van der Waals surface area (Å²) in [7, 11) is 0. The monoisotopic (exact) mass is 397 g/mol. The molecular formula is C19H16ClN5O3. The first-order valence-electron chi connectivity index (χ1n) is 9.07. The van der Waals surface area contributed by atoms with E-state index in [-0.39, 0.29) is 53.9 Å². The highest BCUT2D eigenvalue weighted by Gasteiger charge is 2.49. The van der Waals surface area contributed by atoms with Crippen molar-refractivity contribution in [2.45, 2.75) is 25.3 Å². The van der Waals surface area contributed by atoms with Crippen LogP contribution in [0.1, 0.15) is 30.9 Å². The molecule has 3 heterocycles. The van der Waals surface area contributed by atoms with Crippen LogP contribution in [0.2, 0.25) is 5.02 Å². The van der Waals surface area contributed by atoms with Gasteiger partial charge in [-0.2, -0.15) is 4.98 Å². The molecule has 1 N–H and O–H groups in total. The molecule has 0 unspecified atom stereocenters. The lowest BCUT2D eigenvalue weighted by molar-refractivity contribution is -0.122. The second-order valence-corrected chi connectivity index (χ2v) is 7.60. The van der Waals surface area contributed by atoms with E-state index in [1.54, 1.807) is 16.8 Å². The molecule has 28 heavy (non-hydrogen) atoms. The Labute approximate surface area is 165 Å². The predicted molar refractivity (Wildman–Crippen MR) is 101 cm³/mol. The second kappa shape index (κ2) is 6.27. The molecule has 1 saturated heterocycles. The molecule has 9 heteroatoms. The Kier molecular flexibility index (Phi) is 3.83. The normalized spacial score (nSPS) is 26.2. The smallest absolute Gasteiger partial charge is 0.260 e. The number of anilines is 2. The maximum absolute atomic E-state index is 12.8. The Morgan fingerprint density at radius 1 is 1.00 bits per heavy atom. The summed E-state index contributed by atoms with van der Waals surface area (Å²) < 4.78 is 1.56. The van der Waals surface area contributed by atoms with Crippen LogP contribution in [0.25, 0.3) is 0 Å². The van der Waals surface area contributed by atoms with Crippen molar-refractivity contribution in [2.75, 3.05) is 10.2 Å². The van der Waals surface area contributed by atoms with Crippen LogP contribution in [0, 0.1) is 11.8 Å². The summed E-state index contributed by atoms with van der Waals surface area (Å²) in [5.41, 5.74) is 0.842. The molecule has 1 aliphatic carbocycles. The van der Waals surface area contributed by atoms with Crippen molar-refractivity contribution in [1.29, 1.82) is 0 Å². The number of allylic oxidation sites excluding steroid dienone is 2. The Morgan fingerprint density at radius 3 is 2.29 bits per heavy atom. The zero-order chi connectivity index (χ0) is 19.4. The van der Waals surface area contributed by atoms with Crippen LogP contribution >= 0.6 is 11.6 Å². The van der Waals surface area contributed by atoms with Crippen molar-refractivity contribution in [1.82, 2.24) is 14.8 Å². The maximum Gasteiger partial charge on any atom is 0.260 e. The van der Waals surface area contributed by atoms with Crippen molar-refractivity contribution in [3.05, 3.63) is 47.0 Å². The van der Waals surface area contributed by atoms with Crippen molar-refractivity contribution in [2.24, 2.45) is 11.8 Å². The van der Waals surface area contributed by atoms with Crippen LogP contribution in [0.15, 0.2) is 36.4 Å². The van der Waals surface area contributed by atoms with Crippen LogP contribution in [0.3, 0.4) is 0 Å². The number of carbonyl (C=O) groups is 3. The van der Waals surface area contributed by atoms with Gasteiger partial charge in [-0.3, -0.25) is 19.7 Å². The van der Waals surface area contributed by atoms with E-state index in [4.69, 9.17) is 11.6 Å². The molecule has 0 spiro atoms. The number of nitrogens with one attached hydrogen (secondary N) is 1. The summed E-state index contributed by atoms with van der Waals surface area (Å²) in [5, 5.41) is 7.69. The van der Waals surface area contributed by atoms with Gasteiger partial charge in [-0.25, -0.2) is 9.58 Å². The third-order valence-corrected chi connectivity index (χ3v) is 5.76. The number of hydrogen-bond acceptors (Lipinski definition) is 5. The third-order valence-electron chi connectivity index (χ3n) is 5.51. The van der Waals surface area contributed by atoms with Gasteiger partial charge in [0, 0.05) is 5.02 Å². The van der Waals surface area contributed by atoms with Crippen LogP contribution in [0.5, 0.6) is 0 Å². The van der Waals surface area contributed by atoms with Crippen LogP contribution in [0.4, 0.5) is 11.9 Å². The lowest BCUT2D eigenvalue weighted by atomic mass is 9.85. The first-order valence-corrected chi connectivity index (χ1v) is 9.45. The molecule has 3 aliphatic rings. The van der Waals surface area contributed by atoms with E-state index in [1.807, 2.05) is 24.3 Å². The van der Waals surface area contributed by atoms with Gasteiger partial charge in [0.2, 0.25) is 23.7 Å². The zero-order valence-electron chi connectivity index (χ0n) is 14.7. The van der Waals surface area contributed by atoms with Gasteiger partial charge in [-0.15, -0.1) is 5.10 Å². The number of benzene rings is 1. The van der Waals surface area contributed by atoms with Gasteiger partial charge < -0.3 is 0 Å². The topological polar surface area (TPSA) is 97.2 Å². The summed E-state index contributed by atoms with van der Waals surface area (Å²) in [6.07, 6.45) is 5.12. The number of amides is 3. The first-order chi connectivity index (χ1) is 13.5. The van der Waals surface area contributed by atoms with E-state index < -0.39 is 0 Å². The fourth-order valence-corrected chi connectivity index (χ4v) is 4.21. The van der Waals surface area contributed by atoms with Crippen molar-refractivity contribution >= 4 is 41.2 Å². The molecule has 0 bridgehead atoms. The minimum atomic E-state index is -0.390. The first kappa shape index (κ1) is 17.1. The van der Waals surface area contributed by atoms with Gasteiger partial charge in [-0.05, 0) is 30.5 Å². The van der Waals surface area contributed by atoms with Gasteiger partial charge in [-0.1, -0.05) is 35.9 Å². The van der Waals surface area contributed by atoms with E-state index in [0.29, 0.717) is 17.9 Å². The number of carbonyl (C=O) groups excluding carboxylic acids is 3. The highest BCUT2D eigenvalue weighted by molar-refractivity contribution is 6.30. The molecule has 1 aromatic carbocycles. The number of rotatable bonds is 2. The largest absolute Gasteiger partial charge is 0.295 e. The predicted octanol–water partition coefficient (Wildman–Crippen LogP) is 2.32. The molecular weight excluding hydrogens is 382 g/mol. The van der Waals surface area contributed by atoms with Gasteiger partial charge in [0.15, 0.2) is 0 Å². The van der Waals surface area contributed by atoms with Crippen molar-refractivity contribution in [3.63, 3.8) is 0 Å². The van der Waals surface area contributed by atoms with Crippen molar-refractivity contribution in [3.8, 4) is 0 Å². The number of imide groups is 1. The highest BCUT2D eigenvalue weighted by Crippen LogP contribution is 2.38. The maximum atomic E-state index is 12.8. The molecule has 1 aromatic heterocycles. The number of halogens is 1. The number of aromatic nitrogens is 3. The fourth-order valence-electron chi connectivity index (χ4n) is 4.09. The Balaban J connectivity index is 1.53. The average Bonchev–Trinajstić information content (AvgIpc) is 3.21. The molecule has 3 atom stereocenters. The molecule has 8 nitrogen and oxygen atoms in total. The number of nitrogens with zero attached hydrogens (tertiary/aromatic N) is 4. The standard InChI is InChI=1S/C19H16ClN5O3/c20-11-7-5-10(6-8-11)14-9-15(26)21-18-22-19(23-25(14)18)24-16(27)12-3-1-2-4-13(12)17(24)28/h1-2,5-8,12-14H,3-4,9H2,(H,21,22,23,26)/t12-,13-,14+/m0/s1. The Hall–Kier alpha value is -3.00. The third kappa shape index (κ3) is 2.56. The SMILES string of the molecule is O=C1C[C@H](c2ccc(Cl)cc2)n2nc(N3C(=O)[C@H]4CC=CC[C@@H]4C3=O)nc2N1. The molecule has 1 fully saturated rings. The van der Waals surface area contributed by atoms with Gasteiger partial charge >= 0.3 is 0 Å². The summed E-state index contributed by atoms with van der Waals surface area (Å²) in [6.45, 7) is 0. The lowest BCUT2D eigenvalue weighted by Crippen LogP contribution is -2.32. The van der Waals surface area contributed by atoms with Crippen LogP contribution in [-0.4, -0.2) is 32.5 Å². The molecule has 2 aromatic rings. The molecule has 3 amide bonds. The highest BCUT2D eigenvalue weighted by atomic mass is 35.5. The molecule has 0 saturated carbocycles. The van der Waals surface area contributed by atoms with E-state index in [1.165, 1.54) is 0 Å². The lowest BCUT2D eigenvalue weighted by Gasteiger charge is -2.23. The molecule has 2 aliphatic heterocycles. The summed E-state index contributed by atoms with van der Waals surface area (Å²) in [6, 6.07) is 6.74. The fraction of sp³-hybridized carbons (Fsp3) is 0.316. The van der Waals surface area contributed by atoms with E-state index >= 15 is 0 Å². The molecule has 0 radical (unpaired) electrons. The molecule has 142 valence electrons. The Bertz CT molecular complexity index is 1000. The van der Waals surface area contributed by atoms with Gasteiger partial charge in [0.25, 0.3) is 5.95 Å². The summed E-state index contributed by atoms with van der Waals surface area (Å²) >= 11 is 5.96.